The van der Waals surface area contributed by atoms with Crippen LogP contribution in [0.15, 0.2) is 53.6 Å². The van der Waals surface area contributed by atoms with Crippen molar-refractivity contribution in [3.63, 3.8) is 0 Å². The van der Waals surface area contributed by atoms with E-state index in [1.165, 1.54) is 36.5 Å². The summed E-state index contributed by atoms with van der Waals surface area (Å²) in [7, 11) is -3.33. The second kappa shape index (κ2) is 9.37. The summed E-state index contributed by atoms with van der Waals surface area (Å²) in [6.07, 6.45) is 2.94. The molecule has 0 atom stereocenters. The van der Waals surface area contributed by atoms with Gasteiger partial charge in [-0.2, -0.15) is 0 Å². The minimum Gasteiger partial charge on any atom is -0.488 e. The maximum Gasteiger partial charge on any atom is 0.257 e. The lowest BCUT2D eigenvalue weighted by Gasteiger charge is -2.26. The predicted octanol–water partition coefficient (Wildman–Crippen LogP) is 2.79. The summed E-state index contributed by atoms with van der Waals surface area (Å²) in [5, 5.41) is 21.7. The predicted molar refractivity (Wildman–Crippen MR) is 117 cm³/mol. The van der Waals surface area contributed by atoms with E-state index in [0.717, 1.165) is 6.26 Å². The van der Waals surface area contributed by atoms with Crippen LogP contribution in [0.5, 0.6) is 17.2 Å². The summed E-state index contributed by atoms with van der Waals surface area (Å²) < 4.78 is 35.1. The van der Waals surface area contributed by atoms with Crippen LogP contribution in [0, 0.1) is 0 Å². The minimum atomic E-state index is -3.33. The first-order chi connectivity index (χ1) is 15.1. The number of carbonyl (C=O) groups excluding carboxylic acids is 1. The van der Waals surface area contributed by atoms with E-state index in [4.69, 9.17) is 9.47 Å². The maximum atomic E-state index is 12.7. The number of H-pyrrole nitrogens is 1. The van der Waals surface area contributed by atoms with Crippen molar-refractivity contribution in [3.8, 4) is 17.2 Å². The molecule has 0 aliphatic carbocycles. The van der Waals surface area contributed by atoms with Crippen molar-refractivity contribution in [2.75, 3.05) is 18.2 Å². The van der Waals surface area contributed by atoms with Crippen LogP contribution in [-0.4, -0.2) is 53.3 Å². The van der Waals surface area contributed by atoms with Gasteiger partial charge in [0.25, 0.3) is 5.91 Å². The number of carbonyl (C=O) groups is 1. The standard InChI is InChI=1S/C21H24N4O6S/c1-21(2,8-9-26)31-17-11-14(20(27)23-19-13-22-25-24-19)10-16(12-17)30-15-4-6-18(7-5-15)32(3,28)29/h4-7,10-13,26H,8-9H2,1-3H3,(H2,22,23,24,25,27). The zero-order chi connectivity index (χ0) is 23.4. The van der Waals surface area contributed by atoms with E-state index in [2.05, 4.69) is 20.7 Å². The first kappa shape index (κ1) is 23.2. The third-order valence-corrected chi connectivity index (χ3v) is 5.52. The van der Waals surface area contributed by atoms with E-state index >= 15 is 0 Å². The molecule has 0 radical (unpaired) electrons. The van der Waals surface area contributed by atoms with Gasteiger partial charge in [-0.1, -0.05) is 5.21 Å². The number of aromatic amines is 1. The lowest BCUT2D eigenvalue weighted by Crippen LogP contribution is -2.29. The van der Waals surface area contributed by atoms with Gasteiger partial charge < -0.3 is 19.9 Å². The average Bonchev–Trinajstić information content (AvgIpc) is 3.20. The molecule has 0 bridgehead atoms. The molecule has 0 saturated heterocycles. The second-order valence-electron chi connectivity index (χ2n) is 7.69. The molecule has 0 saturated carbocycles. The van der Waals surface area contributed by atoms with Crippen LogP contribution in [0.1, 0.15) is 30.6 Å². The minimum absolute atomic E-state index is 0.0601. The van der Waals surface area contributed by atoms with Gasteiger partial charge in [-0.05, 0) is 50.2 Å². The highest BCUT2D eigenvalue weighted by Crippen LogP contribution is 2.31. The Bertz CT molecular complexity index is 1180. The van der Waals surface area contributed by atoms with E-state index < -0.39 is 21.3 Å². The highest BCUT2D eigenvalue weighted by atomic mass is 32.2. The number of rotatable bonds is 9. The number of benzene rings is 2. The summed E-state index contributed by atoms with van der Waals surface area (Å²) in [6.45, 7) is 3.57. The van der Waals surface area contributed by atoms with E-state index in [-0.39, 0.29) is 22.9 Å². The van der Waals surface area contributed by atoms with Crippen LogP contribution in [-0.2, 0) is 9.84 Å². The molecule has 1 heterocycles. The van der Waals surface area contributed by atoms with Gasteiger partial charge in [0, 0.05) is 30.9 Å². The van der Waals surface area contributed by atoms with E-state index in [1.807, 2.05) is 13.8 Å². The molecule has 11 heteroatoms. The van der Waals surface area contributed by atoms with Gasteiger partial charge >= 0.3 is 0 Å². The zero-order valence-corrected chi connectivity index (χ0v) is 18.6. The lowest BCUT2D eigenvalue weighted by molar-refractivity contribution is 0.0760. The number of aliphatic hydroxyl groups is 1. The normalized spacial score (nSPS) is 11.8. The second-order valence-corrected chi connectivity index (χ2v) is 9.70. The number of aromatic nitrogens is 3. The van der Waals surface area contributed by atoms with Gasteiger partial charge in [-0.3, -0.25) is 9.89 Å². The van der Waals surface area contributed by atoms with Gasteiger partial charge in [0.1, 0.15) is 22.8 Å². The van der Waals surface area contributed by atoms with Gasteiger partial charge in [0.15, 0.2) is 15.7 Å². The third kappa shape index (κ3) is 6.28. The summed E-state index contributed by atoms with van der Waals surface area (Å²) in [4.78, 5) is 12.9. The molecular weight excluding hydrogens is 436 g/mol. The number of hydrogen-bond acceptors (Lipinski definition) is 8. The fraction of sp³-hybridized carbons (Fsp3) is 0.286. The Morgan fingerprint density at radius 1 is 1.12 bits per heavy atom. The topological polar surface area (TPSA) is 144 Å². The Kier molecular flexibility index (Phi) is 6.80. The fourth-order valence-corrected chi connectivity index (χ4v) is 3.43. The van der Waals surface area contributed by atoms with E-state index in [9.17, 15) is 18.3 Å². The zero-order valence-electron chi connectivity index (χ0n) is 17.8. The number of nitrogens with one attached hydrogen (secondary N) is 2. The Balaban J connectivity index is 1.91. The largest absolute Gasteiger partial charge is 0.488 e. The summed E-state index contributed by atoms with van der Waals surface area (Å²) >= 11 is 0. The van der Waals surface area contributed by atoms with Crippen LogP contribution in [0.2, 0.25) is 0 Å². The van der Waals surface area contributed by atoms with Gasteiger partial charge in [-0.25, -0.2) is 8.42 Å². The number of aliphatic hydroxyl groups excluding tert-OH is 1. The molecule has 0 spiro atoms. The smallest absolute Gasteiger partial charge is 0.257 e. The summed E-state index contributed by atoms with van der Waals surface area (Å²) in [5.41, 5.74) is -0.447. The Hall–Kier alpha value is -3.44. The average molecular weight is 461 g/mol. The Labute approximate surface area is 185 Å². The monoisotopic (exact) mass is 460 g/mol. The van der Waals surface area contributed by atoms with E-state index in [1.54, 1.807) is 12.1 Å². The van der Waals surface area contributed by atoms with Crippen molar-refractivity contribution < 1.29 is 27.8 Å². The molecule has 0 aliphatic rings. The van der Waals surface area contributed by atoms with Crippen molar-refractivity contribution >= 4 is 21.6 Å². The number of nitrogens with zero attached hydrogens (tertiary/aromatic N) is 2. The lowest BCUT2D eigenvalue weighted by atomic mass is 10.1. The molecule has 3 aromatic rings. The molecule has 3 N–H and O–H groups in total. The highest BCUT2D eigenvalue weighted by molar-refractivity contribution is 7.90. The number of anilines is 1. The summed E-state index contributed by atoms with van der Waals surface area (Å²) in [6, 6.07) is 10.6. The Morgan fingerprint density at radius 3 is 2.41 bits per heavy atom. The molecule has 1 aromatic heterocycles. The molecule has 0 aliphatic heterocycles. The van der Waals surface area contributed by atoms with Crippen LogP contribution in [0.3, 0.4) is 0 Å². The molecule has 170 valence electrons. The van der Waals surface area contributed by atoms with Crippen molar-refractivity contribution in [1.29, 1.82) is 0 Å². The van der Waals surface area contributed by atoms with Gasteiger partial charge in [0.2, 0.25) is 0 Å². The van der Waals surface area contributed by atoms with Crippen LogP contribution in [0.4, 0.5) is 5.82 Å². The van der Waals surface area contributed by atoms with Crippen molar-refractivity contribution in [2.45, 2.75) is 30.8 Å². The molecule has 10 nitrogen and oxygen atoms in total. The highest BCUT2D eigenvalue weighted by Gasteiger charge is 2.21. The number of ether oxygens (including phenoxy) is 2. The Morgan fingerprint density at radius 2 is 1.81 bits per heavy atom. The van der Waals surface area contributed by atoms with Gasteiger partial charge in [-0.15, -0.1) is 5.10 Å². The van der Waals surface area contributed by atoms with Crippen molar-refractivity contribution in [1.82, 2.24) is 15.4 Å². The molecule has 2 aromatic carbocycles. The van der Waals surface area contributed by atoms with Gasteiger partial charge in [0.05, 0.1) is 11.1 Å². The molecule has 0 unspecified atom stereocenters. The van der Waals surface area contributed by atoms with Crippen molar-refractivity contribution in [2.24, 2.45) is 0 Å². The molecule has 32 heavy (non-hydrogen) atoms. The SMILES string of the molecule is CC(C)(CCO)Oc1cc(Oc2ccc(S(C)(=O)=O)cc2)cc(C(=O)Nc2c[nH]nn2)c1. The maximum absolute atomic E-state index is 12.7. The van der Waals surface area contributed by atoms with E-state index in [0.29, 0.717) is 23.7 Å². The third-order valence-electron chi connectivity index (χ3n) is 4.40. The number of hydrogen-bond donors (Lipinski definition) is 3. The molecule has 3 rings (SSSR count). The molecule has 1 amide bonds. The molecular formula is C21H24N4O6S. The molecule has 0 fully saturated rings. The van der Waals surface area contributed by atoms with Crippen LogP contribution in [0.25, 0.3) is 0 Å². The first-order valence-corrected chi connectivity index (χ1v) is 11.6. The number of sulfone groups is 1. The van der Waals surface area contributed by atoms with Crippen LogP contribution >= 0.6 is 0 Å². The van der Waals surface area contributed by atoms with Crippen LogP contribution < -0.4 is 14.8 Å². The number of amides is 1. The first-order valence-electron chi connectivity index (χ1n) is 9.66. The fourth-order valence-electron chi connectivity index (χ4n) is 2.80. The quantitative estimate of drug-likeness (QED) is 0.442. The summed E-state index contributed by atoms with van der Waals surface area (Å²) in [5.74, 6) is 0.841. The van der Waals surface area contributed by atoms with Crippen molar-refractivity contribution in [3.05, 3.63) is 54.2 Å².